The monoisotopic (exact) mass is 289 g/mol. The van der Waals surface area contributed by atoms with Crippen molar-refractivity contribution in [1.29, 1.82) is 0 Å². The Morgan fingerprint density at radius 1 is 1.00 bits per heavy atom. The molecule has 3 rings (SSSR count). The topological polar surface area (TPSA) is 4.93 Å². The lowest BCUT2D eigenvalue weighted by atomic mass is 10.1. The van der Waals surface area contributed by atoms with Crippen LogP contribution in [0.2, 0.25) is 5.02 Å². The number of fused-ring (bicyclic) bond motifs is 1. The van der Waals surface area contributed by atoms with Crippen LogP contribution in [0.3, 0.4) is 0 Å². The van der Waals surface area contributed by atoms with E-state index in [1.54, 1.807) is 6.07 Å². The zero-order valence-corrected chi connectivity index (χ0v) is 12.6. The molecule has 104 valence electrons. The van der Waals surface area contributed by atoms with Crippen LogP contribution >= 0.6 is 11.6 Å². The zero-order chi connectivity index (χ0) is 14.7. The Bertz CT molecular complexity index is 731. The quantitative estimate of drug-likeness (QED) is 0.544. The minimum absolute atomic E-state index is 0.226. The maximum absolute atomic E-state index is 13.3. The number of halogens is 2. The van der Waals surface area contributed by atoms with Gasteiger partial charge in [0.05, 0.1) is 0 Å². The lowest BCUT2D eigenvalue weighted by molar-refractivity contribution is 0.628. The molecular formula is C17H17ClFN. The first kappa shape index (κ1) is 14.6. The Balaban J connectivity index is 0.000000704. The minimum atomic E-state index is -0.226. The summed E-state index contributed by atoms with van der Waals surface area (Å²) in [5.41, 5.74) is 2.93. The van der Waals surface area contributed by atoms with Crippen molar-refractivity contribution in [2.75, 3.05) is 0 Å². The highest BCUT2D eigenvalue weighted by Crippen LogP contribution is 2.29. The Labute approximate surface area is 123 Å². The molecule has 2 aromatic carbocycles. The largest absolute Gasteiger partial charge is 0.344 e. The van der Waals surface area contributed by atoms with Gasteiger partial charge in [0.2, 0.25) is 0 Å². The van der Waals surface area contributed by atoms with Gasteiger partial charge in [-0.25, -0.2) is 4.39 Å². The van der Waals surface area contributed by atoms with Crippen molar-refractivity contribution >= 4 is 22.5 Å². The smallest absolute Gasteiger partial charge is 0.123 e. The van der Waals surface area contributed by atoms with Gasteiger partial charge in [0.15, 0.2) is 0 Å². The Morgan fingerprint density at radius 3 is 2.45 bits per heavy atom. The normalized spacial score (nSPS) is 10.2. The van der Waals surface area contributed by atoms with Gasteiger partial charge < -0.3 is 4.57 Å². The average Bonchev–Trinajstić information content (AvgIpc) is 2.78. The molecule has 0 N–H and O–H groups in total. The van der Waals surface area contributed by atoms with Crippen molar-refractivity contribution in [2.24, 2.45) is 7.05 Å². The fourth-order valence-corrected chi connectivity index (χ4v) is 2.43. The average molecular weight is 290 g/mol. The standard InChI is InChI=1S/C15H11ClFN.C2H6/c1-18-14-6-5-12(16)7-11(14)9-15(18)10-3-2-4-13(17)8-10;1-2/h2-9H,1H3;1-2H3. The van der Waals surface area contributed by atoms with Crippen LogP contribution in [0, 0.1) is 5.82 Å². The maximum atomic E-state index is 13.3. The summed E-state index contributed by atoms with van der Waals surface area (Å²) < 4.78 is 15.3. The number of aryl methyl sites for hydroxylation is 1. The predicted octanol–water partition coefficient (Wildman–Crippen LogP) is 5.66. The van der Waals surface area contributed by atoms with E-state index in [4.69, 9.17) is 11.6 Å². The Kier molecular flexibility index (Phi) is 4.46. The van der Waals surface area contributed by atoms with Crippen molar-refractivity contribution < 1.29 is 4.39 Å². The molecule has 0 unspecified atom stereocenters. The number of benzene rings is 2. The van der Waals surface area contributed by atoms with Crippen LogP contribution in [0.1, 0.15) is 13.8 Å². The number of nitrogens with zero attached hydrogens (tertiary/aromatic N) is 1. The van der Waals surface area contributed by atoms with Crippen LogP contribution in [0.5, 0.6) is 0 Å². The fraction of sp³-hybridized carbons (Fsp3) is 0.176. The molecule has 0 saturated carbocycles. The number of aromatic nitrogens is 1. The highest BCUT2D eigenvalue weighted by Gasteiger charge is 2.08. The van der Waals surface area contributed by atoms with Crippen molar-refractivity contribution in [1.82, 2.24) is 4.57 Å². The van der Waals surface area contributed by atoms with Crippen molar-refractivity contribution in [3.63, 3.8) is 0 Å². The molecular weight excluding hydrogens is 273 g/mol. The van der Waals surface area contributed by atoms with Crippen molar-refractivity contribution in [3.05, 3.63) is 59.4 Å². The van der Waals surface area contributed by atoms with Gasteiger partial charge in [0.25, 0.3) is 0 Å². The van der Waals surface area contributed by atoms with E-state index in [1.165, 1.54) is 12.1 Å². The highest BCUT2D eigenvalue weighted by molar-refractivity contribution is 6.31. The zero-order valence-electron chi connectivity index (χ0n) is 11.8. The van der Waals surface area contributed by atoms with Crippen molar-refractivity contribution in [2.45, 2.75) is 13.8 Å². The van der Waals surface area contributed by atoms with E-state index in [0.29, 0.717) is 5.02 Å². The molecule has 0 amide bonds. The first-order valence-corrected chi connectivity index (χ1v) is 7.04. The van der Waals surface area contributed by atoms with Crippen LogP contribution in [0.4, 0.5) is 4.39 Å². The highest BCUT2D eigenvalue weighted by atomic mass is 35.5. The molecule has 1 nitrogen and oxygen atoms in total. The summed E-state index contributed by atoms with van der Waals surface area (Å²) in [7, 11) is 1.97. The second kappa shape index (κ2) is 6.10. The van der Waals surface area contributed by atoms with Gasteiger partial charge in [-0.05, 0) is 36.4 Å². The molecule has 0 aliphatic heterocycles. The van der Waals surface area contributed by atoms with E-state index in [-0.39, 0.29) is 5.82 Å². The van der Waals surface area contributed by atoms with Gasteiger partial charge >= 0.3 is 0 Å². The van der Waals surface area contributed by atoms with Gasteiger partial charge in [-0.15, -0.1) is 0 Å². The molecule has 0 aliphatic rings. The van der Waals surface area contributed by atoms with Crippen molar-refractivity contribution in [3.8, 4) is 11.3 Å². The summed E-state index contributed by atoms with van der Waals surface area (Å²) in [6, 6.07) is 14.4. The van der Waals surface area contributed by atoms with Crippen LogP contribution in [0.25, 0.3) is 22.2 Å². The molecule has 20 heavy (non-hydrogen) atoms. The summed E-state index contributed by atoms with van der Waals surface area (Å²) in [6.45, 7) is 4.00. The van der Waals surface area contributed by atoms with E-state index in [0.717, 1.165) is 22.2 Å². The third kappa shape index (κ3) is 2.70. The summed E-state index contributed by atoms with van der Waals surface area (Å²) in [6.07, 6.45) is 0. The first-order valence-electron chi connectivity index (χ1n) is 6.66. The molecule has 0 bridgehead atoms. The van der Waals surface area contributed by atoms with Gasteiger partial charge in [-0.2, -0.15) is 0 Å². The molecule has 0 aliphatic carbocycles. The van der Waals surface area contributed by atoms with Crippen LogP contribution in [-0.2, 0) is 7.05 Å². The summed E-state index contributed by atoms with van der Waals surface area (Å²) in [5.74, 6) is -0.226. The first-order chi connectivity index (χ1) is 9.65. The van der Waals surface area contributed by atoms with Crippen LogP contribution in [0.15, 0.2) is 48.5 Å². The van der Waals surface area contributed by atoms with E-state index in [2.05, 4.69) is 0 Å². The summed E-state index contributed by atoms with van der Waals surface area (Å²) >= 11 is 5.98. The van der Waals surface area contributed by atoms with Gasteiger partial charge in [0, 0.05) is 34.2 Å². The third-order valence-electron chi connectivity index (χ3n) is 3.12. The fourth-order valence-electron chi connectivity index (χ4n) is 2.25. The SMILES string of the molecule is CC.Cn1c(-c2cccc(F)c2)cc2cc(Cl)ccc21. The number of hydrogen-bond acceptors (Lipinski definition) is 0. The molecule has 3 aromatic rings. The van der Waals surface area contributed by atoms with Crippen LogP contribution in [-0.4, -0.2) is 4.57 Å². The number of rotatable bonds is 1. The van der Waals surface area contributed by atoms with E-state index in [9.17, 15) is 4.39 Å². The molecule has 1 heterocycles. The maximum Gasteiger partial charge on any atom is 0.123 e. The lowest BCUT2D eigenvalue weighted by Gasteiger charge is -2.04. The summed E-state index contributed by atoms with van der Waals surface area (Å²) in [5, 5.41) is 1.77. The van der Waals surface area contributed by atoms with E-state index < -0.39 is 0 Å². The molecule has 0 saturated heterocycles. The molecule has 3 heteroatoms. The molecule has 0 radical (unpaired) electrons. The van der Waals surface area contributed by atoms with E-state index >= 15 is 0 Å². The summed E-state index contributed by atoms with van der Waals surface area (Å²) in [4.78, 5) is 0. The van der Waals surface area contributed by atoms with Crippen LogP contribution < -0.4 is 0 Å². The van der Waals surface area contributed by atoms with Gasteiger partial charge in [0.1, 0.15) is 5.82 Å². The van der Waals surface area contributed by atoms with Gasteiger partial charge in [-0.3, -0.25) is 0 Å². The molecule has 1 aromatic heterocycles. The second-order valence-corrected chi connectivity index (χ2v) is 4.74. The lowest BCUT2D eigenvalue weighted by Crippen LogP contribution is -1.91. The second-order valence-electron chi connectivity index (χ2n) is 4.30. The van der Waals surface area contributed by atoms with E-state index in [1.807, 2.05) is 55.8 Å². The Morgan fingerprint density at radius 2 is 1.75 bits per heavy atom. The Hall–Kier alpha value is -1.80. The minimum Gasteiger partial charge on any atom is -0.344 e. The molecule has 0 fully saturated rings. The predicted molar refractivity (Wildman–Crippen MR) is 84.7 cm³/mol. The molecule has 0 atom stereocenters. The molecule has 0 spiro atoms. The van der Waals surface area contributed by atoms with Gasteiger partial charge in [-0.1, -0.05) is 37.6 Å². The third-order valence-corrected chi connectivity index (χ3v) is 3.36. The number of hydrogen-bond donors (Lipinski definition) is 0.